The van der Waals surface area contributed by atoms with Crippen LogP contribution in [0.25, 0.3) is 27.9 Å². The summed E-state index contributed by atoms with van der Waals surface area (Å²) in [6.45, 7) is 2.06. The molecule has 10 nitrogen and oxygen atoms in total. The van der Waals surface area contributed by atoms with Crippen LogP contribution in [-0.4, -0.2) is 49.8 Å². The van der Waals surface area contributed by atoms with Crippen LogP contribution >= 0.6 is 0 Å². The number of carbonyl (C=O) groups excluding carboxylic acids is 1. The Bertz CT molecular complexity index is 1280. The SMILES string of the molecule is CNc1ncc(-c2nc3ccc(OC)cn3n2)c2cc(NC(=O)[C@H]3C[C@H]3C)nnc12. The summed E-state index contributed by atoms with van der Waals surface area (Å²) in [5.74, 6) is 2.57. The third-order valence-corrected chi connectivity index (χ3v) is 5.35. The average Bonchev–Trinajstić information content (AvgIpc) is 3.35. The van der Waals surface area contributed by atoms with E-state index in [1.54, 1.807) is 37.1 Å². The van der Waals surface area contributed by atoms with E-state index in [0.29, 0.717) is 45.9 Å². The molecule has 4 heterocycles. The molecule has 0 bridgehead atoms. The second kappa shape index (κ2) is 6.90. The summed E-state index contributed by atoms with van der Waals surface area (Å²) >= 11 is 0. The molecule has 2 N–H and O–H groups in total. The van der Waals surface area contributed by atoms with Crippen LogP contribution in [-0.2, 0) is 4.79 Å². The predicted molar refractivity (Wildman–Crippen MR) is 111 cm³/mol. The molecule has 4 aromatic rings. The highest BCUT2D eigenvalue weighted by atomic mass is 16.5. The highest BCUT2D eigenvalue weighted by Crippen LogP contribution is 2.38. The minimum atomic E-state index is -0.0291. The van der Waals surface area contributed by atoms with Crippen molar-refractivity contribution < 1.29 is 9.53 Å². The van der Waals surface area contributed by atoms with Crippen molar-refractivity contribution in [1.29, 1.82) is 0 Å². The van der Waals surface area contributed by atoms with Crippen LogP contribution in [0.2, 0.25) is 0 Å². The molecule has 2 atom stereocenters. The van der Waals surface area contributed by atoms with Gasteiger partial charge in [-0.2, -0.15) is 0 Å². The molecule has 10 heteroatoms. The third kappa shape index (κ3) is 3.06. The van der Waals surface area contributed by atoms with Crippen molar-refractivity contribution >= 4 is 34.1 Å². The molecule has 1 aliphatic rings. The standard InChI is InChI=1S/C20H20N8O2/c1-10-6-12(10)20(29)23-15-7-13-14(8-22-19(21-2)17(13)26-25-15)18-24-16-5-4-11(30-3)9-28(16)27-18/h4-5,7-10,12H,6H2,1-3H3,(H,21,22)(H,23,25,29)/t10-,12+/m1/s1. The second-order valence-corrected chi connectivity index (χ2v) is 7.38. The van der Waals surface area contributed by atoms with Gasteiger partial charge >= 0.3 is 0 Å². The molecule has 1 fully saturated rings. The fourth-order valence-electron chi connectivity index (χ4n) is 3.46. The maximum Gasteiger partial charge on any atom is 0.228 e. The lowest BCUT2D eigenvalue weighted by atomic mass is 10.1. The molecule has 0 aliphatic heterocycles. The van der Waals surface area contributed by atoms with Gasteiger partial charge in [-0.1, -0.05) is 6.92 Å². The minimum absolute atomic E-state index is 0.0291. The number of nitrogens with zero attached hydrogens (tertiary/aromatic N) is 6. The minimum Gasteiger partial charge on any atom is -0.495 e. The molecule has 1 amide bonds. The number of amides is 1. The van der Waals surface area contributed by atoms with E-state index in [-0.39, 0.29) is 11.8 Å². The number of methoxy groups -OCH3 is 1. The van der Waals surface area contributed by atoms with Crippen LogP contribution < -0.4 is 15.4 Å². The number of ether oxygens (including phenoxy) is 1. The Morgan fingerprint density at radius 3 is 2.87 bits per heavy atom. The van der Waals surface area contributed by atoms with Gasteiger partial charge < -0.3 is 15.4 Å². The van der Waals surface area contributed by atoms with Gasteiger partial charge in [0.1, 0.15) is 11.3 Å². The normalized spacial score (nSPS) is 17.8. The molecule has 0 spiro atoms. The first-order valence-electron chi connectivity index (χ1n) is 9.63. The second-order valence-electron chi connectivity index (χ2n) is 7.38. The summed E-state index contributed by atoms with van der Waals surface area (Å²) in [6, 6.07) is 5.44. The van der Waals surface area contributed by atoms with Crippen LogP contribution in [0.1, 0.15) is 13.3 Å². The lowest BCUT2D eigenvalue weighted by molar-refractivity contribution is -0.117. The summed E-state index contributed by atoms with van der Waals surface area (Å²) in [5, 5.41) is 19.7. The maximum absolute atomic E-state index is 12.3. The van der Waals surface area contributed by atoms with Crippen molar-refractivity contribution in [3.05, 3.63) is 30.6 Å². The molecule has 5 rings (SSSR count). The van der Waals surface area contributed by atoms with Crippen molar-refractivity contribution in [2.45, 2.75) is 13.3 Å². The molecule has 152 valence electrons. The average molecular weight is 404 g/mol. The molecule has 0 aromatic carbocycles. The first-order valence-corrected chi connectivity index (χ1v) is 9.63. The van der Waals surface area contributed by atoms with Crippen molar-refractivity contribution in [1.82, 2.24) is 29.8 Å². The topological polar surface area (TPSA) is 119 Å². The van der Waals surface area contributed by atoms with Crippen molar-refractivity contribution in [2.75, 3.05) is 24.8 Å². The fraction of sp³-hybridized carbons (Fsp3) is 0.300. The number of hydrogen-bond donors (Lipinski definition) is 2. The summed E-state index contributed by atoms with van der Waals surface area (Å²) in [7, 11) is 3.37. The Labute approximate surface area is 171 Å². The Kier molecular flexibility index (Phi) is 4.19. The Morgan fingerprint density at radius 1 is 1.30 bits per heavy atom. The van der Waals surface area contributed by atoms with Crippen LogP contribution in [0.15, 0.2) is 30.6 Å². The van der Waals surface area contributed by atoms with Gasteiger partial charge in [-0.15, -0.1) is 15.3 Å². The van der Waals surface area contributed by atoms with Crippen LogP contribution in [0, 0.1) is 11.8 Å². The maximum atomic E-state index is 12.3. The summed E-state index contributed by atoms with van der Waals surface area (Å²) in [6.07, 6.45) is 4.35. The zero-order chi connectivity index (χ0) is 20.8. The Morgan fingerprint density at radius 2 is 2.13 bits per heavy atom. The number of carbonyl (C=O) groups is 1. The highest BCUT2D eigenvalue weighted by molar-refractivity contribution is 6.01. The number of aromatic nitrogens is 6. The van der Waals surface area contributed by atoms with Crippen LogP contribution in [0.5, 0.6) is 5.75 Å². The summed E-state index contributed by atoms with van der Waals surface area (Å²) in [4.78, 5) is 21.4. The quantitative estimate of drug-likeness (QED) is 0.520. The van der Waals surface area contributed by atoms with Crippen molar-refractivity contribution in [2.24, 2.45) is 11.8 Å². The smallest absolute Gasteiger partial charge is 0.228 e. The van der Waals surface area contributed by atoms with Gasteiger partial charge in [0.2, 0.25) is 5.91 Å². The lowest BCUT2D eigenvalue weighted by Crippen LogP contribution is -2.16. The van der Waals surface area contributed by atoms with E-state index in [2.05, 4.69) is 42.8 Å². The summed E-state index contributed by atoms with van der Waals surface area (Å²) in [5.41, 5.74) is 1.94. The zero-order valence-corrected chi connectivity index (χ0v) is 16.7. The zero-order valence-electron chi connectivity index (χ0n) is 16.7. The van der Waals surface area contributed by atoms with Gasteiger partial charge in [0.25, 0.3) is 0 Å². The molecule has 0 unspecified atom stereocenters. The molecule has 0 saturated heterocycles. The van der Waals surface area contributed by atoms with Gasteiger partial charge in [0, 0.05) is 30.1 Å². The fourth-order valence-corrected chi connectivity index (χ4v) is 3.46. The molecule has 4 aromatic heterocycles. The van der Waals surface area contributed by atoms with E-state index in [0.717, 1.165) is 11.8 Å². The molecule has 0 radical (unpaired) electrons. The highest BCUT2D eigenvalue weighted by Gasteiger charge is 2.39. The van der Waals surface area contributed by atoms with Crippen molar-refractivity contribution in [3.63, 3.8) is 0 Å². The predicted octanol–water partition coefficient (Wildman–Crippen LogP) is 2.38. The molecular weight excluding hydrogens is 384 g/mol. The van der Waals surface area contributed by atoms with Gasteiger partial charge in [0.15, 0.2) is 23.1 Å². The van der Waals surface area contributed by atoms with E-state index in [4.69, 9.17) is 4.74 Å². The molecule has 1 saturated carbocycles. The van der Waals surface area contributed by atoms with Crippen LogP contribution in [0.3, 0.4) is 0 Å². The lowest BCUT2D eigenvalue weighted by Gasteiger charge is -2.09. The van der Waals surface area contributed by atoms with Crippen molar-refractivity contribution in [3.8, 4) is 17.1 Å². The number of anilines is 2. The van der Waals surface area contributed by atoms with E-state index < -0.39 is 0 Å². The monoisotopic (exact) mass is 404 g/mol. The van der Waals surface area contributed by atoms with Crippen LogP contribution in [0.4, 0.5) is 11.6 Å². The number of rotatable bonds is 5. The third-order valence-electron chi connectivity index (χ3n) is 5.35. The van der Waals surface area contributed by atoms with E-state index in [1.807, 2.05) is 12.1 Å². The van der Waals surface area contributed by atoms with E-state index >= 15 is 0 Å². The summed E-state index contributed by atoms with van der Waals surface area (Å²) < 4.78 is 6.91. The number of pyridine rings is 2. The number of hydrogen-bond acceptors (Lipinski definition) is 8. The van der Waals surface area contributed by atoms with E-state index in [9.17, 15) is 4.79 Å². The molecule has 30 heavy (non-hydrogen) atoms. The first-order chi connectivity index (χ1) is 14.6. The van der Waals surface area contributed by atoms with Gasteiger partial charge in [-0.25, -0.2) is 14.5 Å². The Hall–Kier alpha value is -3.82. The Balaban J connectivity index is 1.61. The van der Waals surface area contributed by atoms with Gasteiger partial charge in [-0.05, 0) is 30.5 Å². The van der Waals surface area contributed by atoms with Gasteiger partial charge in [0.05, 0.1) is 13.3 Å². The largest absolute Gasteiger partial charge is 0.495 e. The molecule has 1 aliphatic carbocycles. The van der Waals surface area contributed by atoms with Gasteiger partial charge in [-0.3, -0.25) is 4.79 Å². The first kappa shape index (κ1) is 18.2. The number of fused-ring (bicyclic) bond motifs is 2. The number of nitrogens with one attached hydrogen (secondary N) is 2. The molecular formula is C20H20N8O2. The van der Waals surface area contributed by atoms with E-state index in [1.165, 1.54) is 0 Å².